The number of aromatic amines is 2. The average molecular weight is 396 g/mol. The Kier molecular flexibility index (Phi) is 4.68. The van der Waals surface area contributed by atoms with Gasteiger partial charge in [0.2, 0.25) is 0 Å². The number of methoxy groups -OCH3 is 1. The van der Waals surface area contributed by atoms with Gasteiger partial charge in [0.1, 0.15) is 0 Å². The minimum Gasteiger partial charge on any atom is -0.493 e. The van der Waals surface area contributed by atoms with Gasteiger partial charge in [-0.05, 0) is 36.2 Å². The molecule has 30 heavy (non-hydrogen) atoms. The van der Waals surface area contributed by atoms with Crippen LogP contribution in [0.1, 0.15) is 29.5 Å². The maximum Gasteiger partial charge on any atom is 0.164 e. The summed E-state index contributed by atoms with van der Waals surface area (Å²) >= 11 is 0. The zero-order chi connectivity index (χ0) is 20.5. The molecule has 0 spiro atoms. The van der Waals surface area contributed by atoms with Crippen LogP contribution < -0.4 is 9.47 Å². The van der Waals surface area contributed by atoms with E-state index in [0.29, 0.717) is 6.61 Å². The molecule has 0 aliphatic heterocycles. The normalized spacial score (nSPS) is 11.4. The summed E-state index contributed by atoms with van der Waals surface area (Å²) in [6.45, 7) is 2.58. The highest BCUT2D eigenvalue weighted by Crippen LogP contribution is 2.45. The van der Waals surface area contributed by atoms with E-state index in [9.17, 15) is 0 Å². The number of aromatic nitrogens is 2. The fraction of sp³-hybridized carbons (Fsp3) is 0.154. The third-order valence-electron chi connectivity index (χ3n) is 5.69. The third kappa shape index (κ3) is 2.92. The molecule has 0 aliphatic carbocycles. The van der Waals surface area contributed by atoms with Crippen LogP contribution in [0.25, 0.3) is 21.8 Å². The molecule has 0 saturated carbocycles. The van der Waals surface area contributed by atoms with Gasteiger partial charge in [-0.15, -0.1) is 0 Å². The van der Waals surface area contributed by atoms with Crippen LogP contribution >= 0.6 is 0 Å². The van der Waals surface area contributed by atoms with Crippen molar-refractivity contribution in [1.29, 1.82) is 0 Å². The average Bonchev–Trinajstić information content (AvgIpc) is 3.40. The number of hydrogen-bond donors (Lipinski definition) is 2. The Morgan fingerprint density at radius 1 is 0.733 bits per heavy atom. The predicted molar refractivity (Wildman–Crippen MR) is 122 cm³/mol. The van der Waals surface area contributed by atoms with E-state index in [1.54, 1.807) is 7.11 Å². The van der Waals surface area contributed by atoms with Gasteiger partial charge in [-0.25, -0.2) is 0 Å². The molecule has 0 fully saturated rings. The Labute approximate surface area is 175 Å². The van der Waals surface area contributed by atoms with Gasteiger partial charge in [-0.1, -0.05) is 48.5 Å². The fourth-order valence-electron chi connectivity index (χ4n) is 4.42. The molecule has 2 aromatic heterocycles. The molecule has 150 valence electrons. The number of rotatable bonds is 6. The van der Waals surface area contributed by atoms with Crippen molar-refractivity contribution in [1.82, 2.24) is 9.97 Å². The van der Waals surface area contributed by atoms with Crippen LogP contribution in [0.5, 0.6) is 11.5 Å². The Morgan fingerprint density at radius 2 is 1.33 bits per heavy atom. The van der Waals surface area contributed by atoms with Gasteiger partial charge < -0.3 is 19.4 Å². The van der Waals surface area contributed by atoms with Crippen LogP contribution in [0, 0.1) is 0 Å². The first-order valence-corrected chi connectivity index (χ1v) is 10.2. The van der Waals surface area contributed by atoms with Crippen LogP contribution in [0.15, 0.2) is 79.1 Å². The second-order valence-corrected chi connectivity index (χ2v) is 7.32. The second kappa shape index (κ2) is 7.64. The minimum absolute atomic E-state index is 0.0207. The number of nitrogens with one attached hydrogen (secondary N) is 2. The molecule has 0 radical (unpaired) electrons. The van der Waals surface area contributed by atoms with E-state index in [1.165, 1.54) is 21.9 Å². The molecule has 0 amide bonds. The van der Waals surface area contributed by atoms with Crippen molar-refractivity contribution in [3.05, 3.63) is 95.8 Å². The summed E-state index contributed by atoms with van der Waals surface area (Å²) in [6, 6.07) is 23.0. The van der Waals surface area contributed by atoms with Crippen LogP contribution in [0.3, 0.4) is 0 Å². The van der Waals surface area contributed by atoms with Crippen LogP contribution in [0.4, 0.5) is 0 Å². The molecule has 2 N–H and O–H groups in total. The molecule has 0 unspecified atom stereocenters. The molecule has 5 rings (SSSR count). The standard InChI is InChI=1S/C26H24N2O2/c1-3-30-24-14-8-11-19(26(24)29-2)25(20-15-27-22-12-6-4-9-17(20)22)21-16-28-23-13-7-5-10-18(21)23/h4-16,25,27-28H,3H2,1-2H3. The lowest BCUT2D eigenvalue weighted by Crippen LogP contribution is -2.06. The summed E-state index contributed by atoms with van der Waals surface area (Å²) in [5.41, 5.74) is 5.75. The van der Waals surface area contributed by atoms with E-state index in [4.69, 9.17) is 9.47 Å². The third-order valence-corrected chi connectivity index (χ3v) is 5.69. The van der Waals surface area contributed by atoms with Gasteiger partial charge in [0.05, 0.1) is 13.7 Å². The molecule has 0 saturated heterocycles. The number of hydrogen-bond acceptors (Lipinski definition) is 2. The Hall–Kier alpha value is -3.66. The van der Waals surface area contributed by atoms with E-state index in [2.05, 4.69) is 77.0 Å². The highest BCUT2D eigenvalue weighted by atomic mass is 16.5. The maximum atomic E-state index is 5.89. The zero-order valence-electron chi connectivity index (χ0n) is 17.1. The van der Waals surface area contributed by atoms with Gasteiger partial charge in [0.25, 0.3) is 0 Å². The van der Waals surface area contributed by atoms with Gasteiger partial charge in [-0.2, -0.15) is 0 Å². The van der Waals surface area contributed by atoms with E-state index in [1.807, 2.05) is 19.1 Å². The highest BCUT2D eigenvalue weighted by molar-refractivity contribution is 5.89. The Bertz CT molecular complexity index is 1240. The van der Waals surface area contributed by atoms with Gasteiger partial charge in [0.15, 0.2) is 11.5 Å². The number of H-pyrrole nitrogens is 2. The number of ether oxygens (including phenoxy) is 2. The molecule has 5 aromatic rings. The molecular weight excluding hydrogens is 372 g/mol. The van der Waals surface area contributed by atoms with E-state index >= 15 is 0 Å². The van der Waals surface area contributed by atoms with Gasteiger partial charge in [-0.3, -0.25) is 0 Å². The van der Waals surface area contributed by atoms with Gasteiger partial charge >= 0.3 is 0 Å². The van der Waals surface area contributed by atoms with Crippen molar-refractivity contribution in [2.75, 3.05) is 13.7 Å². The van der Waals surface area contributed by atoms with Gasteiger partial charge in [0, 0.05) is 45.7 Å². The van der Waals surface area contributed by atoms with Crippen LogP contribution in [-0.4, -0.2) is 23.7 Å². The summed E-state index contributed by atoms with van der Waals surface area (Å²) in [7, 11) is 1.71. The lowest BCUT2D eigenvalue weighted by molar-refractivity contribution is 0.309. The first-order chi connectivity index (χ1) is 14.8. The Balaban J connectivity index is 1.81. The molecule has 2 heterocycles. The van der Waals surface area contributed by atoms with Crippen LogP contribution in [0.2, 0.25) is 0 Å². The van der Waals surface area contributed by atoms with Crippen LogP contribution in [-0.2, 0) is 0 Å². The largest absolute Gasteiger partial charge is 0.493 e. The fourth-order valence-corrected chi connectivity index (χ4v) is 4.42. The molecular formula is C26H24N2O2. The zero-order valence-corrected chi connectivity index (χ0v) is 17.1. The lowest BCUT2D eigenvalue weighted by atomic mass is 9.84. The van der Waals surface area contributed by atoms with Crippen molar-refractivity contribution >= 4 is 21.8 Å². The second-order valence-electron chi connectivity index (χ2n) is 7.32. The smallest absolute Gasteiger partial charge is 0.164 e. The van der Waals surface area contributed by atoms with Crippen molar-refractivity contribution in [3.63, 3.8) is 0 Å². The monoisotopic (exact) mass is 396 g/mol. The quantitative estimate of drug-likeness (QED) is 0.357. The molecule has 4 heteroatoms. The topological polar surface area (TPSA) is 50.0 Å². The summed E-state index contributed by atoms with van der Waals surface area (Å²) in [5, 5.41) is 2.41. The van der Waals surface area contributed by atoms with Crippen molar-refractivity contribution in [2.45, 2.75) is 12.8 Å². The van der Waals surface area contributed by atoms with Crippen molar-refractivity contribution in [3.8, 4) is 11.5 Å². The first kappa shape index (κ1) is 18.4. The summed E-state index contributed by atoms with van der Waals surface area (Å²) in [5.74, 6) is 1.52. The molecule has 3 aromatic carbocycles. The lowest BCUT2D eigenvalue weighted by Gasteiger charge is -2.22. The minimum atomic E-state index is -0.0207. The maximum absolute atomic E-state index is 5.89. The molecule has 0 atom stereocenters. The molecule has 0 aliphatic rings. The summed E-state index contributed by atoms with van der Waals surface area (Å²) in [6.07, 6.45) is 4.23. The summed E-state index contributed by atoms with van der Waals surface area (Å²) in [4.78, 5) is 6.89. The summed E-state index contributed by atoms with van der Waals surface area (Å²) < 4.78 is 11.8. The van der Waals surface area contributed by atoms with Crippen molar-refractivity contribution < 1.29 is 9.47 Å². The van der Waals surface area contributed by atoms with E-state index < -0.39 is 0 Å². The highest BCUT2D eigenvalue weighted by Gasteiger charge is 2.27. The predicted octanol–water partition coefficient (Wildman–Crippen LogP) is 6.24. The SMILES string of the molecule is CCOc1cccc(C(c2c[nH]c3ccccc23)c2c[nH]c3ccccc23)c1OC. The molecule has 4 nitrogen and oxygen atoms in total. The van der Waals surface area contributed by atoms with E-state index in [0.717, 1.165) is 28.1 Å². The number of benzene rings is 3. The van der Waals surface area contributed by atoms with E-state index in [-0.39, 0.29) is 5.92 Å². The number of fused-ring (bicyclic) bond motifs is 2. The van der Waals surface area contributed by atoms with Crippen molar-refractivity contribution in [2.24, 2.45) is 0 Å². The Morgan fingerprint density at radius 3 is 1.90 bits per heavy atom. The molecule has 0 bridgehead atoms. The first-order valence-electron chi connectivity index (χ1n) is 10.2. The number of para-hydroxylation sites is 3.